The maximum atomic E-state index is 2.36. The minimum Gasteiger partial charge on any atom is -0.206 e. The summed E-state index contributed by atoms with van der Waals surface area (Å²) in [5, 5.41) is 6.56. The number of hydrogen-bond acceptors (Lipinski definition) is 0. The summed E-state index contributed by atoms with van der Waals surface area (Å²) < 4.78 is 0. The van der Waals surface area contributed by atoms with Gasteiger partial charge in [0.15, 0.2) is 0 Å². The molecule has 0 fully saturated rings. The standard InChI is InChI=1S/C17H14P.C13H22P.Fe/c1-3-9-15(10-4-1)18(17-13-7-8-14-17)16-11-5-2-6-12-16;1-12(2,3)14(13(4,5)6)11-9-7-8-10-11;/h1-14H;7-10H,1-6H3;/q2*-1;+2. The summed E-state index contributed by atoms with van der Waals surface area (Å²) in [6.07, 6.45) is 0. The topological polar surface area (TPSA) is 0 Å². The molecule has 33 heavy (non-hydrogen) atoms. The Morgan fingerprint density at radius 2 is 0.909 bits per heavy atom. The van der Waals surface area contributed by atoms with Crippen molar-refractivity contribution in [2.24, 2.45) is 0 Å². The predicted molar refractivity (Wildman–Crippen MR) is 149 cm³/mol. The Morgan fingerprint density at radius 1 is 0.515 bits per heavy atom. The van der Waals surface area contributed by atoms with Gasteiger partial charge in [-0.3, -0.25) is 0 Å². The molecule has 0 radical (unpaired) electrons. The zero-order chi connectivity index (χ0) is 23.2. The summed E-state index contributed by atoms with van der Waals surface area (Å²) in [4.78, 5) is 0. The molecule has 4 aromatic carbocycles. The van der Waals surface area contributed by atoms with Crippen LogP contribution < -0.4 is 21.2 Å². The van der Waals surface area contributed by atoms with Crippen molar-refractivity contribution in [3.8, 4) is 0 Å². The van der Waals surface area contributed by atoms with Crippen LogP contribution in [0.15, 0.2) is 109 Å². The summed E-state index contributed by atoms with van der Waals surface area (Å²) in [5.74, 6) is 0. The van der Waals surface area contributed by atoms with Gasteiger partial charge < -0.3 is 0 Å². The smallest absolute Gasteiger partial charge is 0.206 e. The van der Waals surface area contributed by atoms with Gasteiger partial charge in [-0.25, -0.2) is 12.1 Å². The van der Waals surface area contributed by atoms with Gasteiger partial charge in [-0.05, 0) is 20.9 Å². The predicted octanol–water partition coefficient (Wildman–Crippen LogP) is 7.27. The fourth-order valence-corrected chi connectivity index (χ4v) is 10.7. The molecular weight excluding hydrogens is 478 g/mol. The molecule has 0 aromatic heterocycles. The van der Waals surface area contributed by atoms with Crippen LogP contribution in [0.3, 0.4) is 0 Å². The molecule has 174 valence electrons. The third-order valence-corrected chi connectivity index (χ3v) is 11.1. The van der Waals surface area contributed by atoms with E-state index in [4.69, 9.17) is 0 Å². The van der Waals surface area contributed by atoms with Gasteiger partial charge in [0.05, 0.1) is 0 Å². The Balaban J connectivity index is 0.000000235. The van der Waals surface area contributed by atoms with E-state index in [9.17, 15) is 0 Å². The van der Waals surface area contributed by atoms with Crippen LogP contribution in [-0.4, -0.2) is 10.3 Å². The van der Waals surface area contributed by atoms with E-state index in [0.29, 0.717) is 10.3 Å². The summed E-state index contributed by atoms with van der Waals surface area (Å²) in [6, 6.07) is 39.1. The Hall–Kier alpha value is -1.48. The summed E-state index contributed by atoms with van der Waals surface area (Å²) in [5.41, 5.74) is 0. The van der Waals surface area contributed by atoms with Crippen molar-refractivity contribution in [3.05, 3.63) is 109 Å². The third kappa shape index (κ3) is 7.77. The molecule has 3 heteroatoms. The molecule has 0 saturated carbocycles. The average Bonchev–Trinajstić information content (AvgIpc) is 3.43. The summed E-state index contributed by atoms with van der Waals surface area (Å²) in [6.45, 7) is 14.1. The maximum absolute atomic E-state index is 2.36. The second-order valence-corrected chi connectivity index (χ2v) is 16.1. The van der Waals surface area contributed by atoms with E-state index in [1.807, 2.05) is 0 Å². The second-order valence-electron chi connectivity index (χ2n) is 9.97. The number of rotatable bonds is 4. The van der Waals surface area contributed by atoms with Crippen molar-refractivity contribution in [1.29, 1.82) is 0 Å². The van der Waals surface area contributed by atoms with Crippen LogP contribution in [0.5, 0.6) is 0 Å². The van der Waals surface area contributed by atoms with Gasteiger partial charge in [0.2, 0.25) is 0 Å². The molecule has 0 unspecified atom stereocenters. The summed E-state index contributed by atoms with van der Waals surface area (Å²) in [7, 11) is -0.510. The molecule has 0 bridgehead atoms. The van der Waals surface area contributed by atoms with Crippen LogP contribution >= 0.6 is 15.8 Å². The van der Waals surface area contributed by atoms with Crippen molar-refractivity contribution < 1.29 is 17.1 Å². The molecule has 4 rings (SSSR count). The Morgan fingerprint density at radius 3 is 1.24 bits per heavy atom. The zero-order valence-electron chi connectivity index (χ0n) is 20.6. The van der Waals surface area contributed by atoms with Gasteiger partial charge in [-0.1, -0.05) is 110 Å². The summed E-state index contributed by atoms with van der Waals surface area (Å²) >= 11 is 0. The van der Waals surface area contributed by atoms with Gasteiger partial charge in [-0.15, -0.1) is 7.92 Å². The van der Waals surface area contributed by atoms with Crippen molar-refractivity contribution >= 4 is 37.1 Å². The van der Waals surface area contributed by atoms with Gasteiger partial charge in [0.25, 0.3) is 0 Å². The monoisotopic (exact) mass is 514 g/mol. The maximum Gasteiger partial charge on any atom is 2.00 e. The van der Waals surface area contributed by atoms with Crippen molar-refractivity contribution in [1.82, 2.24) is 0 Å². The van der Waals surface area contributed by atoms with E-state index in [2.05, 4.69) is 151 Å². The third-order valence-electron chi connectivity index (χ3n) is 5.18. The van der Waals surface area contributed by atoms with Crippen LogP contribution in [0.1, 0.15) is 41.5 Å². The Kier molecular flexibility index (Phi) is 10.3. The van der Waals surface area contributed by atoms with Crippen molar-refractivity contribution in [2.45, 2.75) is 51.9 Å². The van der Waals surface area contributed by atoms with E-state index in [1.54, 1.807) is 5.30 Å². The molecule has 0 aliphatic carbocycles. The SMILES string of the molecule is CC(C)(C)P(c1cc[cH-]c1)C(C)(C)C.[Fe+2].c1ccc(P(c2ccccc2)c2cc[cH-]c2)cc1. The Bertz CT molecular complexity index is 969. The van der Waals surface area contributed by atoms with Gasteiger partial charge >= 0.3 is 17.1 Å². The minimum atomic E-state index is -0.409. The Labute approximate surface area is 214 Å². The first-order valence-electron chi connectivity index (χ1n) is 11.3. The van der Waals surface area contributed by atoms with Crippen LogP contribution in [0.4, 0.5) is 0 Å². The molecule has 0 saturated heterocycles. The van der Waals surface area contributed by atoms with Gasteiger partial charge in [0, 0.05) is 0 Å². The minimum absolute atomic E-state index is 0. The zero-order valence-corrected chi connectivity index (χ0v) is 23.5. The normalized spacial score (nSPS) is 11.6. The van der Waals surface area contributed by atoms with Crippen molar-refractivity contribution in [3.63, 3.8) is 0 Å². The van der Waals surface area contributed by atoms with Crippen LogP contribution in [0.25, 0.3) is 0 Å². The quantitative estimate of drug-likeness (QED) is 0.153. The fraction of sp³-hybridized carbons (Fsp3) is 0.267. The molecule has 0 amide bonds. The van der Waals surface area contributed by atoms with Crippen LogP contribution in [0, 0.1) is 0 Å². The molecule has 0 spiro atoms. The molecule has 0 aliphatic heterocycles. The number of hydrogen-bond donors (Lipinski definition) is 0. The molecular formula is C30H36FeP2. The first-order chi connectivity index (χ1) is 15.2. The van der Waals surface area contributed by atoms with Crippen LogP contribution in [0.2, 0.25) is 0 Å². The molecule has 0 aliphatic rings. The van der Waals surface area contributed by atoms with E-state index in [1.165, 1.54) is 15.9 Å². The molecule has 0 atom stereocenters. The molecule has 0 nitrogen and oxygen atoms in total. The second kappa shape index (κ2) is 12.3. The van der Waals surface area contributed by atoms with Crippen LogP contribution in [-0.2, 0) is 17.1 Å². The van der Waals surface area contributed by atoms with Gasteiger partial charge in [0.1, 0.15) is 0 Å². The van der Waals surface area contributed by atoms with E-state index in [-0.39, 0.29) is 25.0 Å². The van der Waals surface area contributed by atoms with Gasteiger partial charge in [-0.2, -0.15) is 47.0 Å². The van der Waals surface area contributed by atoms with E-state index < -0.39 is 7.92 Å². The largest absolute Gasteiger partial charge is 2.00 e. The first kappa shape index (κ1) is 27.8. The fourth-order valence-electron chi connectivity index (χ4n) is 4.41. The molecule has 0 N–H and O–H groups in total. The molecule has 0 heterocycles. The molecule has 4 aromatic rings. The average molecular weight is 514 g/mol. The van der Waals surface area contributed by atoms with E-state index >= 15 is 0 Å². The number of benzene rings is 2. The van der Waals surface area contributed by atoms with E-state index in [0.717, 1.165) is 0 Å². The van der Waals surface area contributed by atoms with Crippen molar-refractivity contribution in [2.75, 3.05) is 0 Å². The first-order valence-corrected chi connectivity index (χ1v) is 14.0.